The fourth-order valence-corrected chi connectivity index (χ4v) is 3.72. The standard InChI is InChI=1S/C21H23N3O4/c1-2-16-5-3-4-10-24(16)21(26)14-8-9-22-17(11-14)20(25)23-15-6-7-18-19(12-15)28-13-27-18/h6-9,11-12,16H,2-5,10,13H2,1H3,(H,23,25). The molecular formula is C21H23N3O4. The van der Waals surface area contributed by atoms with Crippen LogP contribution in [0.2, 0.25) is 0 Å². The summed E-state index contributed by atoms with van der Waals surface area (Å²) < 4.78 is 10.6. The van der Waals surface area contributed by atoms with Gasteiger partial charge in [0.15, 0.2) is 11.5 Å². The van der Waals surface area contributed by atoms with Crippen LogP contribution in [0.25, 0.3) is 0 Å². The van der Waals surface area contributed by atoms with Crippen LogP contribution in [0.3, 0.4) is 0 Å². The van der Waals surface area contributed by atoms with Crippen LogP contribution in [-0.4, -0.2) is 41.1 Å². The number of ether oxygens (including phenoxy) is 2. The van der Waals surface area contributed by atoms with E-state index in [2.05, 4.69) is 17.2 Å². The third kappa shape index (κ3) is 3.65. The first-order chi connectivity index (χ1) is 13.7. The molecule has 3 heterocycles. The van der Waals surface area contributed by atoms with Crippen LogP contribution in [0.5, 0.6) is 11.5 Å². The van der Waals surface area contributed by atoms with E-state index in [1.807, 2.05) is 4.90 Å². The summed E-state index contributed by atoms with van der Waals surface area (Å²) in [6.45, 7) is 3.04. The molecule has 1 atom stereocenters. The number of anilines is 1. The molecule has 1 aromatic carbocycles. The molecule has 0 radical (unpaired) electrons. The normalized spacial score (nSPS) is 18.0. The number of amides is 2. The number of pyridine rings is 1. The lowest BCUT2D eigenvalue weighted by Crippen LogP contribution is -2.43. The maximum Gasteiger partial charge on any atom is 0.274 e. The maximum atomic E-state index is 13.0. The molecule has 4 rings (SSSR count). The molecule has 2 aliphatic heterocycles. The Morgan fingerprint density at radius 1 is 1.18 bits per heavy atom. The predicted octanol–water partition coefficient (Wildman–Crippen LogP) is 3.47. The minimum absolute atomic E-state index is 0.0360. The number of aromatic nitrogens is 1. The van der Waals surface area contributed by atoms with E-state index in [-0.39, 0.29) is 30.3 Å². The van der Waals surface area contributed by atoms with Gasteiger partial charge in [-0.3, -0.25) is 14.6 Å². The predicted molar refractivity (Wildman–Crippen MR) is 104 cm³/mol. The van der Waals surface area contributed by atoms with Crippen LogP contribution in [0.1, 0.15) is 53.5 Å². The van der Waals surface area contributed by atoms with E-state index < -0.39 is 0 Å². The monoisotopic (exact) mass is 381 g/mol. The molecule has 1 unspecified atom stereocenters. The Morgan fingerprint density at radius 2 is 2.04 bits per heavy atom. The van der Waals surface area contributed by atoms with Crippen molar-refractivity contribution in [2.75, 3.05) is 18.7 Å². The summed E-state index contributed by atoms with van der Waals surface area (Å²) in [5, 5.41) is 2.79. The number of fused-ring (bicyclic) bond motifs is 1. The fourth-order valence-electron chi connectivity index (χ4n) is 3.72. The molecule has 0 bridgehead atoms. The molecule has 1 fully saturated rings. The average Bonchev–Trinajstić information content (AvgIpc) is 3.21. The zero-order valence-corrected chi connectivity index (χ0v) is 15.8. The van der Waals surface area contributed by atoms with Crippen LogP contribution in [0.4, 0.5) is 5.69 Å². The third-order valence-electron chi connectivity index (χ3n) is 5.23. The van der Waals surface area contributed by atoms with Crippen molar-refractivity contribution < 1.29 is 19.1 Å². The van der Waals surface area contributed by atoms with Gasteiger partial charge >= 0.3 is 0 Å². The molecule has 2 aliphatic rings. The molecule has 28 heavy (non-hydrogen) atoms. The van der Waals surface area contributed by atoms with Gasteiger partial charge in [0.05, 0.1) is 0 Å². The lowest BCUT2D eigenvalue weighted by molar-refractivity contribution is 0.0608. The molecule has 1 saturated heterocycles. The van der Waals surface area contributed by atoms with Gasteiger partial charge in [-0.1, -0.05) is 6.92 Å². The zero-order chi connectivity index (χ0) is 19.5. The van der Waals surface area contributed by atoms with E-state index in [9.17, 15) is 9.59 Å². The Kier molecular flexibility index (Phi) is 5.14. The summed E-state index contributed by atoms with van der Waals surface area (Å²) in [6.07, 6.45) is 5.65. The number of nitrogens with one attached hydrogen (secondary N) is 1. The topological polar surface area (TPSA) is 80.8 Å². The number of carbonyl (C=O) groups excluding carboxylic acids is 2. The lowest BCUT2D eigenvalue weighted by Gasteiger charge is -2.35. The van der Waals surface area contributed by atoms with E-state index in [0.717, 1.165) is 32.2 Å². The lowest BCUT2D eigenvalue weighted by atomic mass is 9.99. The number of likely N-dealkylation sites (tertiary alicyclic amines) is 1. The van der Waals surface area contributed by atoms with Crippen LogP contribution < -0.4 is 14.8 Å². The van der Waals surface area contributed by atoms with Crippen molar-refractivity contribution in [3.63, 3.8) is 0 Å². The van der Waals surface area contributed by atoms with Gasteiger partial charge in [0.2, 0.25) is 6.79 Å². The van der Waals surface area contributed by atoms with Crippen molar-refractivity contribution in [1.29, 1.82) is 0 Å². The van der Waals surface area contributed by atoms with Gasteiger partial charge < -0.3 is 19.7 Å². The SMILES string of the molecule is CCC1CCCCN1C(=O)c1ccnc(C(=O)Nc2ccc3c(c2)OCO3)c1. The van der Waals surface area contributed by atoms with Crippen molar-refractivity contribution in [2.24, 2.45) is 0 Å². The molecule has 0 aliphatic carbocycles. The van der Waals surface area contributed by atoms with Crippen LogP contribution in [0, 0.1) is 0 Å². The highest BCUT2D eigenvalue weighted by Crippen LogP contribution is 2.34. The molecule has 0 saturated carbocycles. The summed E-state index contributed by atoms with van der Waals surface area (Å²) >= 11 is 0. The van der Waals surface area contributed by atoms with Gasteiger partial charge in [-0.25, -0.2) is 0 Å². The molecular weight excluding hydrogens is 358 g/mol. The maximum absolute atomic E-state index is 13.0. The van der Waals surface area contributed by atoms with Gasteiger partial charge in [0, 0.05) is 36.1 Å². The fraction of sp³-hybridized carbons (Fsp3) is 0.381. The van der Waals surface area contributed by atoms with Gasteiger partial charge in [-0.05, 0) is 49.9 Å². The highest BCUT2D eigenvalue weighted by molar-refractivity contribution is 6.05. The molecule has 2 aromatic rings. The average molecular weight is 381 g/mol. The summed E-state index contributed by atoms with van der Waals surface area (Å²) in [4.78, 5) is 31.6. The highest BCUT2D eigenvalue weighted by atomic mass is 16.7. The first-order valence-electron chi connectivity index (χ1n) is 9.63. The van der Waals surface area contributed by atoms with E-state index in [4.69, 9.17) is 9.47 Å². The second-order valence-corrected chi connectivity index (χ2v) is 7.01. The number of hydrogen-bond acceptors (Lipinski definition) is 5. The Balaban J connectivity index is 1.50. The van der Waals surface area contributed by atoms with Crippen LogP contribution in [-0.2, 0) is 0 Å². The molecule has 7 heteroatoms. The Bertz CT molecular complexity index is 899. The van der Waals surface area contributed by atoms with E-state index in [0.29, 0.717) is 22.7 Å². The van der Waals surface area contributed by atoms with E-state index in [1.54, 1.807) is 30.3 Å². The molecule has 2 amide bonds. The first-order valence-corrected chi connectivity index (χ1v) is 9.63. The minimum Gasteiger partial charge on any atom is -0.454 e. The summed E-state index contributed by atoms with van der Waals surface area (Å²) in [5.74, 6) is 0.825. The van der Waals surface area contributed by atoms with Crippen molar-refractivity contribution in [3.8, 4) is 11.5 Å². The second-order valence-electron chi connectivity index (χ2n) is 7.01. The Labute approximate surface area is 163 Å². The molecule has 1 aromatic heterocycles. The smallest absolute Gasteiger partial charge is 0.274 e. The second kappa shape index (κ2) is 7.88. The number of hydrogen-bond donors (Lipinski definition) is 1. The Hall–Kier alpha value is -3.09. The van der Waals surface area contributed by atoms with Crippen molar-refractivity contribution in [1.82, 2.24) is 9.88 Å². The van der Waals surface area contributed by atoms with Crippen molar-refractivity contribution in [3.05, 3.63) is 47.8 Å². The number of nitrogens with zero attached hydrogens (tertiary/aromatic N) is 2. The summed E-state index contributed by atoms with van der Waals surface area (Å²) in [7, 11) is 0. The number of piperidine rings is 1. The quantitative estimate of drug-likeness (QED) is 0.877. The first kappa shape index (κ1) is 18.3. The van der Waals surface area contributed by atoms with E-state index in [1.165, 1.54) is 6.20 Å². The van der Waals surface area contributed by atoms with Crippen molar-refractivity contribution >= 4 is 17.5 Å². The summed E-state index contributed by atoms with van der Waals surface area (Å²) in [6, 6.07) is 8.68. The summed E-state index contributed by atoms with van der Waals surface area (Å²) in [5.41, 5.74) is 1.27. The number of carbonyl (C=O) groups is 2. The third-order valence-corrected chi connectivity index (χ3v) is 5.23. The van der Waals surface area contributed by atoms with Gasteiger partial charge in [-0.2, -0.15) is 0 Å². The zero-order valence-electron chi connectivity index (χ0n) is 15.8. The van der Waals surface area contributed by atoms with E-state index >= 15 is 0 Å². The van der Waals surface area contributed by atoms with Gasteiger partial charge in [-0.15, -0.1) is 0 Å². The molecule has 0 spiro atoms. The number of benzene rings is 1. The minimum atomic E-state index is -0.376. The van der Waals surface area contributed by atoms with Gasteiger partial charge in [0.25, 0.3) is 11.8 Å². The molecule has 1 N–H and O–H groups in total. The number of rotatable bonds is 4. The Morgan fingerprint density at radius 3 is 2.89 bits per heavy atom. The van der Waals surface area contributed by atoms with Gasteiger partial charge in [0.1, 0.15) is 5.69 Å². The molecule has 7 nitrogen and oxygen atoms in total. The van der Waals surface area contributed by atoms with Crippen LogP contribution in [0.15, 0.2) is 36.5 Å². The largest absolute Gasteiger partial charge is 0.454 e. The van der Waals surface area contributed by atoms with Crippen molar-refractivity contribution in [2.45, 2.75) is 38.6 Å². The highest BCUT2D eigenvalue weighted by Gasteiger charge is 2.26. The van der Waals surface area contributed by atoms with Crippen LogP contribution >= 0.6 is 0 Å². The molecule has 146 valence electrons.